The Morgan fingerprint density at radius 1 is 0.315 bits per heavy atom. The molecule has 1 heteroatoms. The highest BCUT2D eigenvalue weighted by atomic mass is 32.1. The normalized spacial score (nSPS) is 15.1. The van der Waals surface area contributed by atoms with Crippen LogP contribution in [0.3, 0.4) is 0 Å². The summed E-state index contributed by atoms with van der Waals surface area (Å²) in [6.45, 7) is 0. The average Bonchev–Trinajstić information content (AvgIpc) is 3.87. The van der Waals surface area contributed by atoms with E-state index in [1.54, 1.807) is 0 Å². The minimum absolute atomic E-state index is 0.403. The summed E-state index contributed by atoms with van der Waals surface area (Å²) in [6, 6.07) is 72.5. The summed E-state index contributed by atoms with van der Waals surface area (Å²) >= 11 is 1.94. The van der Waals surface area contributed by atoms with E-state index in [2.05, 4.69) is 194 Å². The Kier molecular flexibility index (Phi) is 6.23. The van der Waals surface area contributed by atoms with Gasteiger partial charge in [0.2, 0.25) is 0 Å². The molecule has 2 aliphatic rings. The summed E-state index contributed by atoms with van der Waals surface area (Å²) < 4.78 is 1.35. The van der Waals surface area contributed by atoms with Gasteiger partial charge in [-0.15, -0.1) is 11.3 Å². The van der Waals surface area contributed by atoms with E-state index in [0.717, 1.165) is 0 Å². The molecule has 0 fully saturated rings. The maximum absolute atomic E-state index is 2.55. The fraction of sp³-hybridized carbons (Fsp3) is 0.0189. The SMILES string of the molecule is c1ccc(-c2ccc(-c3c4ccccc4c(-c4ccc5c(c4)C4(c6ccccc6-5)c5ccccc5-c5sc6ccccc6c54)c4ccccc34)cc2)cc1. The molecule has 0 saturated carbocycles. The summed E-state index contributed by atoms with van der Waals surface area (Å²) in [7, 11) is 0. The van der Waals surface area contributed by atoms with Crippen molar-refractivity contribution in [3.8, 4) is 54.9 Å². The van der Waals surface area contributed by atoms with Crippen molar-refractivity contribution >= 4 is 43.0 Å². The van der Waals surface area contributed by atoms with Gasteiger partial charge in [-0.1, -0.05) is 182 Å². The van der Waals surface area contributed by atoms with E-state index in [9.17, 15) is 0 Å². The first-order valence-corrected chi connectivity index (χ1v) is 19.6. The van der Waals surface area contributed by atoms with E-state index in [1.807, 2.05) is 11.3 Å². The number of fused-ring (bicyclic) bond motifs is 14. The van der Waals surface area contributed by atoms with Gasteiger partial charge in [0.1, 0.15) is 0 Å². The van der Waals surface area contributed by atoms with Crippen molar-refractivity contribution in [2.45, 2.75) is 5.41 Å². The molecule has 0 bridgehead atoms. The van der Waals surface area contributed by atoms with Crippen molar-refractivity contribution in [2.75, 3.05) is 0 Å². The number of hydrogen-bond acceptors (Lipinski definition) is 1. The van der Waals surface area contributed by atoms with Gasteiger partial charge in [0.15, 0.2) is 0 Å². The zero-order valence-electron chi connectivity index (χ0n) is 29.4. The lowest BCUT2D eigenvalue weighted by Gasteiger charge is -2.31. The van der Waals surface area contributed by atoms with E-state index in [1.165, 1.54) is 109 Å². The number of hydrogen-bond donors (Lipinski definition) is 0. The zero-order chi connectivity index (χ0) is 35.4. The molecule has 0 amide bonds. The van der Waals surface area contributed by atoms with E-state index in [4.69, 9.17) is 0 Å². The molecule has 1 aromatic heterocycles. The van der Waals surface area contributed by atoms with Gasteiger partial charge in [-0.3, -0.25) is 0 Å². The smallest absolute Gasteiger partial charge is 0.0740 e. The highest BCUT2D eigenvalue weighted by molar-refractivity contribution is 7.22. The third-order valence-corrected chi connectivity index (χ3v) is 13.3. The fourth-order valence-corrected chi connectivity index (χ4v) is 11.3. The summed E-state index contributed by atoms with van der Waals surface area (Å²) in [5.74, 6) is 0. The molecule has 0 saturated heterocycles. The van der Waals surface area contributed by atoms with Gasteiger partial charge in [-0.2, -0.15) is 0 Å². The standard InChI is InChI=1S/C53H32S/c1-2-14-33(15-3-1)34-26-28-35(29-27-34)49-39-17-4-6-19-41(39)50(42-20-7-5-18-40(42)49)36-30-31-38-37-16-8-11-23-45(37)53(47(38)32-36)46-24-12-9-21-43(46)52-51(53)44-22-10-13-25-48(44)54-52/h1-32H. The molecule has 1 atom stereocenters. The van der Waals surface area contributed by atoms with Crippen LogP contribution in [0.2, 0.25) is 0 Å². The Hall–Kier alpha value is -6.54. The lowest BCUT2D eigenvalue weighted by molar-refractivity contribution is 0.803. The Bertz CT molecular complexity index is 3090. The van der Waals surface area contributed by atoms with Crippen LogP contribution >= 0.6 is 11.3 Å². The Labute approximate surface area is 318 Å². The van der Waals surface area contributed by atoms with Crippen molar-refractivity contribution in [2.24, 2.45) is 0 Å². The molecule has 1 spiro atoms. The molecule has 54 heavy (non-hydrogen) atoms. The molecule has 0 radical (unpaired) electrons. The van der Waals surface area contributed by atoms with Crippen LogP contribution in [0.15, 0.2) is 194 Å². The van der Waals surface area contributed by atoms with E-state index in [-0.39, 0.29) is 0 Å². The zero-order valence-corrected chi connectivity index (χ0v) is 30.2. The number of rotatable bonds is 3. The minimum Gasteiger partial charge on any atom is -0.135 e. The Morgan fingerprint density at radius 3 is 1.46 bits per heavy atom. The van der Waals surface area contributed by atoms with Crippen LogP contribution in [-0.4, -0.2) is 0 Å². The molecule has 0 aliphatic heterocycles. The van der Waals surface area contributed by atoms with Gasteiger partial charge < -0.3 is 0 Å². The topological polar surface area (TPSA) is 0 Å². The largest absolute Gasteiger partial charge is 0.135 e. The van der Waals surface area contributed by atoms with Crippen LogP contribution in [-0.2, 0) is 5.41 Å². The molecule has 1 unspecified atom stereocenters. The fourth-order valence-electron chi connectivity index (χ4n) is 9.96. The lowest BCUT2D eigenvalue weighted by Crippen LogP contribution is -2.25. The average molecular weight is 701 g/mol. The van der Waals surface area contributed by atoms with E-state index < -0.39 is 5.41 Å². The Balaban J connectivity index is 1.14. The molecular weight excluding hydrogens is 669 g/mol. The molecule has 10 aromatic rings. The first-order valence-electron chi connectivity index (χ1n) is 18.8. The van der Waals surface area contributed by atoms with E-state index >= 15 is 0 Å². The van der Waals surface area contributed by atoms with Gasteiger partial charge in [0.25, 0.3) is 0 Å². The predicted molar refractivity (Wildman–Crippen MR) is 229 cm³/mol. The summed E-state index contributed by atoms with van der Waals surface area (Å²) in [4.78, 5) is 1.40. The van der Waals surface area contributed by atoms with Crippen molar-refractivity contribution in [1.29, 1.82) is 0 Å². The second-order valence-corrected chi connectivity index (χ2v) is 15.7. The molecule has 0 N–H and O–H groups in total. The second kappa shape index (κ2) is 11.2. The van der Waals surface area contributed by atoms with Crippen molar-refractivity contribution in [3.05, 3.63) is 216 Å². The van der Waals surface area contributed by atoms with E-state index in [0.29, 0.717) is 0 Å². The van der Waals surface area contributed by atoms with Crippen LogP contribution < -0.4 is 0 Å². The molecular formula is C53H32S. The molecule has 250 valence electrons. The molecule has 9 aromatic carbocycles. The quantitative estimate of drug-likeness (QED) is 0.161. The maximum atomic E-state index is 2.55. The van der Waals surface area contributed by atoms with Crippen molar-refractivity contribution in [3.63, 3.8) is 0 Å². The van der Waals surface area contributed by atoms with Crippen LogP contribution in [0.5, 0.6) is 0 Å². The summed E-state index contributed by atoms with van der Waals surface area (Å²) in [5, 5.41) is 6.46. The third-order valence-electron chi connectivity index (χ3n) is 12.1. The van der Waals surface area contributed by atoms with Crippen LogP contribution in [0, 0.1) is 0 Å². The first kappa shape index (κ1) is 30.0. The first-order chi connectivity index (χ1) is 26.8. The van der Waals surface area contributed by atoms with Gasteiger partial charge in [0.05, 0.1) is 5.41 Å². The van der Waals surface area contributed by atoms with Gasteiger partial charge in [-0.05, 0) is 111 Å². The Morgan fingerprint density at radius 2 is 0.778 bits per heavy atom. The van der Waals surface area contributed by atoms with Crippen LogP contribution in [0.25, 0.3) is 86.6 Å². The highest BCUT2D eigenvalue weighted by Gasteiger charge is 2.53. The molecule has 2 aliphatic carbocycles. The second-order valence-electron chi connectivity index (χ2n) is 14.7. The van der Waals surface area contributed by atoms with Gasteiger partial charge in [0, 0.05) is 9.58 Å². The minimum atomic E-state index is -0.403. The number of thiophene rings is 1. The van der Waals surface area contributed by atoms with Gasteiger partial charge >= 0.3 is 0 Å². The van der Waals surface area contributed by atoms with Crippen molar-refractivity contribution < 1.29 is 0 Å². The summed E-state index contributed by atoms with van der Waals surface area (Å²) in [5.41, 5.74) is 16.8. The third kappa shape index (κ3) is 3.92. The summed E-state index contributed by atoms with van der Waals surface area (Å²) in [6.07, 6.45) is 0. The maximum Gasteiger partial charge on any atom is 0.0740 e. The molecule has 12 rings (SSSR count). The van der Waals surface area contributed by atoms with Crippen molar-refractivity contribution in [1.82, 2.24) is 0 Å². The van der Waals surface area contributed by atoms with Crippen LogP contribution in [0.4, 0.5) is 0 Å². The lowest BCUT2D eigenvalue weighted by atomic mass is 9.69. The molecule has 0 nitrogen and oxygen atoms in total. The monoisotopic (exact) mass is 700 g/mol. The van der Waals surface area contributed by atoms with Crippen LogP contribution in [0.1, 0.15) is 22.3 Å². The predicted octanol–water partition coefficient (Wildman–Crippen LogP) is 14.6. The highest BCUT2D eigenvalue weighted by Crippen LogP contribution is 2.66. The van der Waals surface area contributed by atoms with Gasteiger partial charge in [-0.25, -0.2) is 0 Å². The molecule has 1 heterocycles. The number of benzene rings is 9.